The molecule has 98 valence electrons. The van der Waals surface area contributed by atoms with Gasteiger partial charge in [-0.25, -0.2) is 9.97 Å². The van der Waals surface area contributed by atoms with E-state index in [1.54, 1.807) is 11.3 Å². The van der Waals surface area contributed by atoms with Gasteiger partial charge in [-0.05, 0) is 39.0 Å². The predicted octanol–water partition coefficient (Wildman–Crippen LogP) is 3.17. The van der Waals surface area contributed by atoms with Gasteiger partial charge in [0.05, 0.1) is 16.6 Å². The Morgan fingerprint density at radius 1 is 1.32 bits per heavy atom. The summed E-state index contributed by atoms with van der Waals surface area (Å²) < 4.78 is 2.22. The third-order valence-electron chi connectivity index (χ3n) is 3.36. The van der Waals surface area contributed by atoms with E-state index in [0.29, 0.717) is 0 Å². The lowest BCUT2D eigenvalue weighted by molar-refractivity contribution is 0.436. The molecule has 1 aromatic carbocycles. The van der Waals surface area contributed by atoms with Gasteiger partial charge in [0, 0.05) is 17.3 Å². The molecule has 19 heavy (non-hydrogen) atoms. The zero-order valence-corrected chi connectivity index (χ0v) is 12.0. The predicted molar refractivity (Wildman–Crippen MR) is 79.4 cm³/mol. The lowest BCUT2D eigenvalue weighted by Gasteiger charge is -2.26. The van der Waals surface area contributed by atoms with Crippen LogP contribution in [0.5, 0.6) is 0 Å². The molecule has 2 heterocycles. The number of imidazole rings is 1. The normalized spacial score (nSPS) is 12.2. The van der Waals surface area contributed by atoms with Crippen LogP contribution in [0.15, 0.2) is 29.8 Å². The standard InChI is InChI=1S/C14H16N4S/c1-9-17-11-8-10(15)4-5-12(11)18(9)14(2,3)13-16-6-7-19-13/h4-8H,15H2,1-3H3. The summed E-state index contributed by atoms with van der Waals surface area (Å²) in [5.74, 6) is 0.973. The number of nitrogens with two attached hydrogens (primary N) is 1. The molecular formula is C14H16N4S. The number of nitrogens with zero attached hydrogens (tertiary/aromatic N) is 3. The number of thiazole rings is 1. The van der Waals surface area contributed by atoms with E-state index in [0.717, 1.165) is 27.6 Å². The molecule has 0 saturated carbocycles. The van der Waals surface area contributed by atoms with Crippen LogP contribution in [0.2, 0.25) is 0 Å². The van der Waals surface area contributed by atoms with Gasteiger partial charge < -0.3 is 10.3 Å². The van der Waals surface area contributed by atoms with E-state index in [1.807, 2.05) is 36.7 Å². The van der Waals surface area contributed by atoms with Crippen LogP contribution in [0.25, 0.3) is 11.0 Å². The Labute approximate surface area is 115 Å². The van der Waals surface area contributed by atoms with Gasteiger partial charge in [-0.15, -0.1) is 11.3 Å². The number of rotatable bonds is 2. The van der Waals surface area contributed by atoms with Crippen molar-refractivity contribution < 1.29 is 0 Å². The van der Waals surface area contributed by atoms with Crippen molar-refractivity contribution in [1.29, 1.82) is 0 Å². The van der Waals surface area contributed by atoms with Crippen molar-refractivity contribution in [2.75, 3.05) is 5.73 Å². The summed E-state index contributed by atoms with van der Waals surface area (Å²) in [6.45, 7) is 6.35. The monoisotopic (exact) mass is 272 g/mol. The number of aryl methyl sites for hydroxylation is 1. The summed E-state index contributed by atoms with van der Waals surface area (Å²) in [7, 11) is 0. The Morgan fingerprint density at radius 2 is 2.11 bits per heavy atom. The van der Waals surface area contributed by atoms with Crippen LogP contribution in [0.3, 0.4) is 0 Å². The maximum absolute atomic E-state index is 5.83. The molecule has 0 aliphatic heterocycles. The van der Waals surface area contributed by atoms with Crippen LogP contribution in [0.1, 0.15) is 24.7 Å². The lowest BCUT2D eigenvalue weighted by Crippen LogP contribution is -2.28. The fourth-order valence-corrected chi connectivity index (χ4v) is 3.30. The summed E-state index contributed by atoms with van der Waals surface area (Å²) in [6.07, 6.45) is 1.84. The van der Waals surface area contributed by atoms with Crippen molar-refractivity contribution in [3.63, 3.8) is 0 Å². The van der Waals surface area contributed by atoms with Crippen LogP contribution >= 0.6 is 11.3 Å². The van der Waals surface area contributed by atoms with Gasteiger partial charge >= 0.3 is 0 Å². The summed E-state index contributed by atoms with van der Waals surface area (Å²) in [5.41, 5.74) is 8.37. The number of nitrogen functional groups attached to an aromatic ring is 1. The van der Waals surface area contributed by atoms with E-state index >= 15 is 0 Å². The van der Waals surface area contributed by atoms with Crippen molar-refractivity contribution in [1.82, 2.24) is 14.5 Å². The highest BCUT2D eigenvalue weighted by atomic mass is 32.1. The minimum Gasteiger partial charge on any atom is -0.399 e. The molecule has 0 atom stereocenters. The van der Waals surface area contributed by atoms with Crippen LogP contribution in [0.4, 0.5) is 5.69 Å². The molecule has 0 saturated heterocycles. The minimum absolute atomic E-state index is 0.219. The second-order valence-electron chi connectivity index (χ2n) is 5.14. The van der Waals surface area contributed by atoms with Crippen molar-refractivity contribution >= 4 is 28.1 Å². The highest BCUT2D eigenvalue weighted by Crippen LogP contribution is 2.32. The number of hydrogen-bond acceptors (Lipinski definition) is 4. The first kappa shape index (κ1) is 12.2. The third-order valence-corrected chi connectivity index (χ3v) is 4.45. The SMILES string of the molecule is Cc1nc2cc(N)ccc2n1C(C)(C)c1nccs1. The first-order valence-corrected chi connectivity index (χ1v) is 7.03. The highest BCUT2D eigenvalue weighted by Gasteiger charge is 2.29. The maximum atomic E-state index is 5.83. The fourth-order valence-electron chi connectivity index (χ4n) is 2.54. The smallest absolute Gasteiger partial charge is 0.118 e. The number of aromatic nitrogens is 3. The second-order valence-corrected chi connectivity index (χ2v) is 6.03. The summed E-state index contributed by atoms with van der Waals surface area (Å²) in [6, 6.07) is 5.86. The molecule has 2 aromatic heterocycles. The highest BCUT2D eigenvalue weighted by molar-refractivity contribution is 7.09. The number of hydrogen-bond donors (Lipinski definition) is 1. The van der Waals surface area contributed by atoms with Gasteiger partial charge in [0.1, 0.15) is 10.8 Å². The average molecular weight is 272 g/mol. The van der Waals surface area contributed by atoms with Gasteiger partial charge in [-0.3, -0.25) is 0 Å². The fraction of sp³-hybridized carbons (Fsp3) is 0.286. The van der Waals surface area contributed by atoms with E-state index in [9.17, 15) is 0 Å². The van der Waals surface area contributed by atoms with Gasteiger partial charge in [0.2, 0.25) is 0 Å². The molecular weight excluding hydrogens is 256 g/mol. The Balaban J connectivity index is 2.28. The van der Waals surface area contributed by atoms with E-state index in [-0.39, 0.29) is 5.54 Å². The van der Waals surface area contributed by atoms with Crippen LogP contribution in [-0.4, -0.2) is 14.5 Å². The molecule has 3 aromatic rings. The quantitative estimate of drug-likeness (QED) is 0.729. The summed E-state index contributed by atoms with van der Waals surface area (Å²) >= 11 is 1.66. The van der Waals surface area contributed by atoms with Gasteiger partial charge in [-0.1, -0.05) is 0 Å². The summed E-state index contributed by atoms with van der Waals surface area (Å²) in [5, 5.41) is 3.08. The molecule has 0 aliphatic carbocycles. The van der Waals surface area contributed by atoms with Crippen molar-refractivity contribution in [2.45, 2.75) is 26.3 Å². The molecule has 0 radical (unpaired) electrons. The molecule has 0 fully saturated rings. The van der Waals surface area contributed by atoms with Gasteiger partial charge in [0.25, 0.3) is 0 Å². The Morgan fingerprint density at radius 3 is 2.79 bits per heavy atom. The van der Waals surface area contributed by atoms with Crippen molar-refractivity contribution in [2.24, 2.45) is 0 Å². The molecule has 0 unspecified atom stereocenters. The molecule has 2 N–H and O–H groups in total. The molecule has 0 aliphatic rings. The first-order valence-electron chi connectivity index (χ1n) is 6.15. The lowest BCUT2D eigenvalue weighted by atomic mass is 10.1. The molecule has 0 spiro atoms. The van der Waals surface area contributed by atoms with Crippen molar-refractivity contribution in [3.8, 4) is 0 Å². The second kappa shape index (κ2) is 4.06. The third kappa shape index (κ3) is 1.81. The number of benzene rings is 1. The molecule has 5 heteroatoms. The largest absolute Gasteiger partial charge is 0.399 e. The van der Waals surface area contributed by atoms with Gasteiger partial charge in [0.15, 0.2) is 0 Å². The first-order chi connectivity index (χ1) is 9.00. The molecule has 0 bridgehead atoms. The van der Waals surface area contributed by atoms with Gasteiger partial charge in [-0.2, -0.15) is 0 Å². The summed E-state index contributed by atoms with van der Waals surface area (Å²) in [4.78, 5) is 9.06. The average Bonchev–Trinajstić information content (AvgIpc) is 2.94. The number of fused-ring (bicyclic) bond motifs is 1. The van der Waals surface area contributed by atoms with E-state index in [4.69, 9.17) is 5.73 Å². The zero-order chi connectivity index (χ0) is 13.6. The Bertz CT molecular complexity index is 725. The molecule has 0 amide bonds. The Hall–Kier alpha value is -1.88. The van der Waals surface area contributed by atoms with Crippen LogP contribution < -0.4 is 5.73 Å². The number of anilines is 1. The maximum Gasteiger partial charge on any atom is 0.118 e. The molecule has 4 nitrogen and oxygen atoms in total. The minimum atomic E-state index is -0.219. The molecule has 3 rings (SSSR count). The van der Waals surface area contributed by atoms with Crippen molar-refractivity contribution in [3.05, 3.63) is 40.6 Å². The van der Waals surface area contributed by atoms with Crippen LogP contribution in [-0.2, 0) is 5.54 Å². The van der Waals surface area contributed by atoms with E-state index < -0.39 is 0 Å². The van der Waals surface area contributed by atoms with Crippen LogP contribution in [0, 0.1) is 6.92 Å². The Kier molecular flexibility index (Phi) is 2.60. The topological polar surface area (TPSA) is 56.7 Å². The van der Waals surface area contributed by atoms with E-state index in [1.165, 1.54) is 0 Å². The zero-order valence-electron chi connectivity index (χ0n) is 11.2. The van der Waals surface area contributed by atoms with E-state index in [2.05, 4.69) is 28.4 Å².